The molecule has 1 amide bonds. The molecule has 1 rings (SSSR count). The van der Waals surface area contributed by atoms with Crippen molar-refractivity contribution in [2.45, 2.75) is 45.7 Å². The van der Waals surface area contributed by atoms with Crippen molar-refractivity contribution in [2.75, 3.05) is 19.8 Å². The lowest BCUT2D eigenvalue weighted by molar-refractivity contribution is -0.142. The molecule has 0 saturated carbocycles. The fourth-order valence-electron chi connectivity index (χ4n) is 1.97. The predicted molar refractivity (Wildman–Crippen MR) is 64.0 cm³/mol. The first-order chi connectivity index (χ1) is 7.61. The van der Waals surface area contributed by atoms with Crippen molar-refractivity contribution in [3.63, 3.8) is 0 Å². The molecule has 1 saturated heterocycles. The molecule has 0 aliphatic carbocycles. The average molecular weight is 228 g/mol. The highest BCUT2D eigenvalue weighted by Crippen LogP contribution is 2.15. The van der Waals surface area contributed by atoms with Crippen LogP contribution in [0.15, 0.2) is 0 Å². The van der Waals surface area contributed by atoms with Crippen molar-refractivity contribution >= 4 is 5.91 Å². The second-order valence-corrected chi connectivity index (χ2v) is 4.58. The van der Waals surface area contributed by atoms with E-state index in [1.807, 2.05) is 11.8 Å². The normalized spacial score (nSPS) is 25.2. The summed E-state index contributed by atoms with van der Waals surface area (Å²) in [4.78, 5) is 14.1. The van der Waals surface area contributed by atoms with E-state index in [2.05, 4.69) is 13.8 Å². The third kappa shape index (κ3) is 2.95. The fourth-order valence-corrected chi connectivity index (χ4v) is 1.97. The molecule has 3 atom stereocenters. The number of rotatable bonds is 4. The first kappa shape index (κ1) is 13.5. The van der Waals surface area contributed by atoms with Crippen molar-refractivity contribution in [1.82, 2.24) is 4.90 Å². The first-order valence-electron chi connectivity index (χ1n) is 6.25. The standard InChI is InChI=1S/C12H24N2O2/c1-4-9(3)11(13)12(15)14-6-7-16-8-10(14)5-2/h9-11H,4-8,13H2,1-3H3. The molecule has 0 bridgehead atoms. The number of amides is 1. The Labute approximate surface area is 98.1 Å². The molecular weight excluding hydrogens is 204 g/mol. The zero-order valence-corrected chi connectivity index (χ0v) is 10.6. The molecule has 4 heteroatoms. The molecule has 2 N–H and O–H groups in total. The largest absolute Gasteiger partial charge is 0.377 e. The molecule has 16 heavy (non-hydrogen) atoms. The third-order valence-electron chi connectivity index (χ3n) is 3.52. The van der Waals surface area contributed by atoms with Crippen molar-refractivity contribution in [2.24, 2.45) is 11.7 Å². The Kier molecular flexibility index (Phi) is 5.22. The highest BCUT2D eigenvalue weighted by molar-refractivity contribution is 5.82. The lowest BCUT2D eigenvalue weighted by Gasteiger charge is -2.37. The number of nitrogens with zero attached hydrogens (tertiary/aromatic N) is 1. The topological polar surface area (TPSA) is 55.6 Å². The first-order valence-corrected chi connectivity index (χ1v) is 6.25. The second kappa shape index (κ2) is 6.21. The number of carbonyl (C=O) groups excluding carboxylic acids is 1. The van der Waals surface area contributed by atoms with E-state index in [4.69, 9.17) is 10.5 Å². The van der Waals surface area contributed by atoms with Gasteiger partial charge in [-0.25, -0.2) is 0 Å². The SMILES string of the molecule is CCC(C)C(N)C(=O)N1CCOCC1CC. The number of ether oxygens (including phenoxy) is 1. The molecule has 94 valence electrons. The maximum atomic E-state index is 12.2. The molecule has 0 aromatic heterocycles. The van der Waals surface area contributed by atoms with Crippen LogP contribution in [0.2, 0.25) is 0 Å². The maximum Gasteiger partial charge on any atom is 0.240 e. The summed E-state index contributed by atoms with van der Waals surface area (Å²) in [6, 6.07) is -0.159. The summed E-state index contributed by atoms with van der Waals surface area (Å²) >= 11 is 0. The van der Waals surface area contributed by atoms with Crippen LogP contribution < -0.4 is 5.73 Å². The minimum Gasteiger partial charge on any atom is -0.377 e. The molecule has 4 nitrogen and oxygen atoms in total. The van der Waals surface area contributed by atoms with E-state index in [0.717, 1.165) is 12.8 Å². The smallest absolute Gasteiger partial charge is 0.240 e. The molecule has 0 radical (unpaired) electrons. The van der Waals surface area contributed by atoms with Crippen molar-refractivity contribution in [1.29, 1.82) is 0 Å². The monoisotopic (exact) mass is 228 g/mol. The third-order valence-corrected chi connectivity index (χ3v) is 3.52. The van der Waals surface area contributed by atoms with Crippen LogP contribution in [-0.4, -0.2) is 42.6 Å². The Morgan fingerprint density at radius 1 is 1.56 bits per heavy atom. The van der Waals surface area contributed by atoms with Gasteiger partial charge in [-0.15, -0.1) is 0 Å². The van der Waals surface area contributed by atoms with Crippen LogP contribution in [0.1, 0.15) is 33.6 Å². The summed E-state index contributed by atoms with van der Waals surface area (Å²) in [5, 5.41) is 0. The molecule has 1 aliphatic rings. The zero-order chi connectivity index (χ0) is 12.1. The number of carbonyl (C=O) groups is 1. The van der Waals surface area contributed by atoms with Gasteiger partial charge in [0.15, 0.2) is 0 Å². The van der Waals surface area contributed by atoms with E-state index in [9.17, 15) is 4.79 Å². The predicted octanol–water partition coefficient (Wildman–Crippen LogP) is 0.997. The minimum atomic E-state index is -0.364. The molecule has 0 aromatic carbocycles. The minimum absolute atomic E-state index is 0.0875. The Hall–Kier alpha value is -0.610. The summed E-state index contributed by atoms with van der Waals surface area (Å²) in [6.07, 6.45) is 1.87. The van der Waals surface area contributed by atoms with E-state index < -0.39 is 0 Å². The van der Waals surface area contributed by atoms with Gasteiger partial charge in [0.1, 0.15) is 0 Å². The lowest BCUT2D eigenvalue weighted by Crippen LogP contribution is -2.55. The van der Waals surface area contributed by atoms with Gasteiger partial charge in [0.25, 0.3) is 0 Å². The van der Waals surface area contributed by atoms with Gasteiger partial charge in [0, 0.05) is 6.54 Å². The van der Waals surface area contributed by atoms with Crippen LogP contribution in [0.25, 0.3) is 0 Å². The molecule has 1 heterocycles. The van der Waals surface area contributed by atoms with Crippen LogP contribution in [0.5, 0.6) is 0 Å². The van der Waals surface area contributed by atoms with Gasteiger partial charge in [0.05, 0.1) is 25.3 Å². The van der Waals surface area contributed by atoms with E-state index in [-0.39, 0.29) is 23.9 Å². The lowest BCUT2D eigenvalue weighted by atomic mass is 9.98. The van der Waals surface area contributed by atoms with Crippen LogP contribution in [0.3, 0.4) is 0 Å². The van der Waals surface area contributed by atoms with Gasteiger partial charge in [0.2, 0.25) is 5.91 Å². The number of morpholine rings is 1. The Balaban J connectivity index is 2.63. The van der Waals surface area contributed by atoms with E-state index >= 15 is 0 Å². The molecule has 0 spiro atoms. The number of nitrogens with two attached hydrogens (primary N) is 1. The van der Waals surface area contributed by atoms with Gasteiger partial charge in [-0.2, -0.15) is 0 Å². The summed E-state index contributed by atoms with van der Waals surface area (Å²) in [5.74, 6) is 0.331. The Morgan fingerprint density at radius 3 is 2.81 bits per heavy atom. The summed E-state index contributed by atoms with van der Waals surface area (Å²) in [7, 11) is 0. The van der Waals surface area contributed by atoms with Gasteiger partial charge in [-0.1, -0.05) is 27.2 Å². The second-order valence-electron chi connectivity index (χ2n) is 4.58. The average Bonchev–Trinajstić information content (AvgIpc) is 2.35. The number of hydrogen-bond acceptors (Lipinski definition) is 3. The van der Waals surface area contributed by atoms with Gasteiger partial charge in [-0.3, -0.25) is 4.79 Å². The van der Waals surface area contributed by atoms with Crippen LogP contribution in [-0.2, 0) is 9.53 Å². The van der Waals surface area contributed by atoms with E-state index in [0.29, 0.717) is 19.8 Å². The highest BCUT2D eigenvalue weighted by Gasteiger charge is 2.31. The quantitative estimate of drug-likeness (QED) is 0.781. The van der Waals surface area contributed by atoms with Crippen molar-refractivity contribution in [3.8, 4) is 0 Å². The number of hydrogen-bond donors (Lipinski definition) is 1. The zero-order valence-electron chi connectivity index (χ0n) is 10.6. The molecular formula is C12H24N2O2. The van der Waals surface area contributed by atoms with Crippen molar-refractivity contribution < 1.29 is 9.53 Å². The molecule has 0 aromatic rings. The van der Waals surface area contributed by atoms with Crippen LogP contribution in [0.4, 0.5) is 0 Å². The summed E-state index contributed by atoms with van der Waals surface area (Å²) in [6.45, 7) is 8.14. The molecule has 3 unspecified atom stereocenters. The Bertz CT molecular complexity index is 233. The Morgan fingerprint density at radius 2 is 2.25 bits per heavy atom. The van der Waals surface area contributed by atoms with Gasteiger partial charge in [-0.05, 0) is 12.3 Å². The van der Waals surface area contributed by atoms with E-state index in [1.165, 1.54) is 0 Å². The fraction of sp³-hybridized carbons (Fsp3) is 0.917. The molecule has 1 fully saturated rings. The summed E-state index contributed by atoms with van der Waals surface area (Å²) < 4.78 is 5.39. The van der Waals surface area contributed by atoms with Gasteiger partial charge < -0.3 is 15.4 Å². The highest BCUT2D eigenvalue weighted by atomic mass is 16.5. The van der Waals surface area contributed by atoms with E-state index in [1.54, 1.807) is 0 Å². The van der Waals surface area contributed by atoms with Crippen molar-refractivity contribution in [3.05, 3.63) is 0 Å². The van der Waals surface area contributed by atoms with Crippen LogP contribution >= 0.6 is 0 Å². The van der Waals surface area contributed by atoms with Gasteiger partial charge >= 0.3 is 0 Å². The maximum absolute atomic E-state index is 12.2. The molecule has 1 aliphatic heterocycles. The van der Waals surface area contributed by atoms with Crippen LogP contribution in [0, 0.1) is 5.92 Å². The summed E-state index contributed by atoms with van der Waals surface area (Å²) in [5.41, 5.74) is 5.99.